The third-order valence-corrected chi connectivity index (χ3v) is 3.62. The molecule has 1 aromatic carbocycles. The zero-order valence-electron chi connectivity index (χ0n) is 13.8. The van der Waals surface area contributed by atoms with Crippen LogP contribution in [0.2, 0.25) is 0 Å². The number of carbonyl (C=O) groups excluding carboxylic acids is 1. The molecule has 118 valence electrons. The normalized spacial score (nSPS) is 11.9. The predicted molar refractivity (Wildman–Crippen MR) is 85.0 cm³/mol. The highest BCUT2D eigenvalue weighted by atomic mass is 16.5. The van der Waals surface area contributed by atoms with E-state index in [1.807, 2.05) is 26.0 Å². The van der Waals surface area contributed by atoms with Gasteiger partial charge in [0.2, 0.25) is 5.91 Å². The quantitative estimate of drug-likeness (QED) is 0.742. The Morgan fingerprint density at radius 1 is 1.19 bits per heavy atom. The summed E-state index contributed by atoms with van der Waals surface area (Å²) in [6.07, 6.45) is 3.75. The van der Waals surface area contributed by atoms with Crippen molar-refractivity contribution in [3.8, 4) is 11.5 Å². The summed E-state index contributed by atoms with van der Waals surface area (Å²) >= 11 is 0. The minimum Gasteiger partial charge on any atom is -0.493 e. The summed E-state index contributed by atoms with van der Waals surface area (Å²) < 4.78 is 10.6. The molecular formula is C17H27NO3. The van der Waals surface area contributed by atoms with Crippen LogP contribution in [-0.4, -0.2) is 20.1 Å². The van der Waals surface area contributed by atoms with Crippen LogP contribution >= 0.6 is 0 Å². The number of aryl methyl sites for hydroxylation is 1. The lowest BCUT2D eigenvalue weighted by Crippen LogP contribution is -2.26. The van der Waals surface area contributed by atoms with E-state index < -0.39 is 0 Å². The molecule has 21 heavy (non-hydrogen) atoms. The molecule has 0 saturated carbocycles. The molecular weight excluding hydrogens is 266 g/mol. The Kier molecular flexibility index (Phi) is 7.06. The van der Waals surface area contributed by atoms with Crippen molar-refractivity contribution in [3.05, 3.63) is 23.3 Å². The molecule has 4 heteroatoms. The molecule has 0 aliphatic heterocycles. The smallest absolute Gasteiger partial charge is 0.220 e. The van der Waals surface area contributed by atoms with Crippen LogP contribution in [0.5, 0.6) is 11.5 Å². The van der Waals surface area contributed by atoms with Gasteiger partial charge in [-0.05, 0) is 43.5 Å². The van der Waals surface area contributed by atoms with Gasteiger partial charge in [0.25, 0.3) is 0 Å². The van der Waals surface area contributed by atoms with E-state index in [4.69, 9.17) is 9.47 Å². The number of hydrogen-bond acceptors (Lipinski definition) is 3. The topological polar surface area (TPSA) is 47.6 Å². The van der Waals surface area contributed by atoms with Crippen LogP contribution in [0.4, 0.5) is 0 Å². The average Bonchev–Trinajstić information content (AvgIpc) is 2.46. The van der Waals surface area contributed by atoms with Gasteiger partial charge in [-0.2, -0.15) is 0 Å². The second-order valence-electron chi connectivity index (χ2n) is 5.31. The van der Waals surface area contributed by atoms with E-state index in [1.54, 1.807) is 14.2 Å². The molecule has 0 saturated heterocycles. The Labute approximate surface area is 127 Å². The summed E-state index contributed by atoms with van der Waals surface area (Å²) in [4.78, 5) is 11.9. The maximum absolute atomic E-state index is 11.9. The number of nitrogens with one attached hydrogen (secondary N) is 1. The van der Waals surface area contributed by atoms with Crippen LogP contribution in [0.15, 0.2) is 12.1 Å². The lowest BCUT2D eigenvalue weighted by Gasteiger charge is -2.19. The molecule has 0 heterocycles. The van der Waals surface area contributed by atoms with E-state index in [9.17, 15) is 4.79 Å². The van der Waals surface area contributed by atoms with Crippen molar-refractivity contribution in [2.75, 3.05) is 14.2 Å². The summed E-state index contributed by atoms with van der Waals surface area (Å²) in [7, 11) is 3.24. The number of methoxy groups -OCH3 is 2. The van der Waals surface area contributed by atoms with E-state index in [1.165, 1.54) is 0 Å². The molecule has 1 rings (SSSR count). The molecule has 0 fully saturated rings. The van der Waals surface area contributed by atoms with E-state index in [0.29, 0.717) is 17.9 Å². The average molecular weight is 293 g/mol. The monoisotopic (exact) mass is 293 g/mol. The Hall–Kier alpha value is -1.71. The van der Waals surface area contributed by atoms with Crippen LogP contribution in [0.25, 0.3) is 0 Å². The number of rotatable bonds is 8. The van der Waals surface area contributed by atoms with Crippen LogP contribution in [0, 0.1) is 6.92 Å². The molecule has 1 amide bonds. The summed E-state index contributed by atoms with van der Waals surface area (Å²) in [6, 6.07) is 3.83. The SMILES string of the molecule is CCCCCC(=O)NC(C)c1cc(OC)c(OC)cc1C. The first-order valence-electron chi connectivity index (χ1n) is 7.55. The zero-order chi connectivity index (χ0) is 15.8. The van der Waals surface area contributed by atoms with Crippen molar-refractivity contribution in [3.63, 3.8) is 0 Å². The summed E-state index contributed by atoms with van der Waals surface area (Å²) in [6.45, 7) is 6.14. The Morgan fingerprint density at radius 3 is 2.38 bits per heavy atom. The predicted octanol–water partition coefficient (Wildman–Crippen LogP) is 3.77. The van der Waals surface area contributed by atoms with Gasteiger partial charge in [-0.15, -0.1) is 0 Å². The molecule has 0 aliphatic carbocycles. The van der Waals surface area contributed by atoms with E-state index in [2.05, 4.69) is 12.2 Å². The van der Waals surface area contributed by atoms with Gasteiger partial charge in [0.15, 0.2) is 11.5 Å². The van der Waals surface area contributed by atoms with Gasteiger partial charge in [0.05, 0.1) is 20.3 Å². The third-order valence-electron chi connectivity index (χ3n) is 3.62. The summed E-state index contributed by atoms with van der Waals surface area (Å²) in [5.41, 5.74) is 2.13. The van der Waals surface area contributed by atoms with Crippen molar-refractivity contribution >= 4 is 5.91 Å². The van der Waals surface area contributed by atoms with Crippen LogP contribution in [0.3, 0.4) is 0 Å². The van der Waals surface area contributed by atoms with Gasteiger partial charge in [0.1, 0.15) is 0 Å². The number of benzene rings is 1. The second kappa shape index (κ2) is 8.55. The lowest BCUT2D eigenvalue weighted by molar-refractivity contribution is -0.121. The van der Waals surface area contributed by atoms with Crippen molar-refractivity contribution in [1.82, 2.24) is 5.32 Å². The van der Waals surface area contributed by atoms with Gasteiger partial charge >= 0.3 is 0 Å². The third kappa shape index (κ3) is 4.96. The summed E-state index contributed by atoms with van der Waals surface area (Å²) in [5, 5.41) is 3.05. The Morgan fingerprint density at radius 2 is 1.81 bits per heavy atom. The highest BCUT2D eigenvalue weighted by molar-refractivity contribution is 5.76. The molecule has 0 radical (unpaired) electrons. The fourth-order valence-corrected chi connectivity index (χ4v) is 2.39. The molecule has 4 nitrogen and oxygen atoms in total. The first-order valence-corrected chi connectivity index (χ1v) is 7.55. The van der Waals surface area contributed by atoms with Gasteiger partial charge in [-0.3, -0.25) is 4.79 Å². The maximum Gasteiger partial charge on any atom is 0.220 e. The molecule has 0 aromatic heterocycles. The van der Waals surface area contributed by atoms with Gasteiger partial charge in [-0.25, -0.2) is 0 Å². The zero-order valence-corrected chi connectivity index (χ0v) is 13.8. The Bertz CT molecular complexity index is 471. The van der Waals surface area contributed by atoms with E-state index in [0.717, 1.165) is 30.4 Å². The molecule has 1 atom stereocenters. The minimum absolute atomic E-state index is 0.0427. The molecule has 1 N–H and O–H groups in total. The second-order valence-corrected chi connectivity index (χ2v) is 5.31. The molecule has 0 aliphatic rings. The van der Waals surface area contributed by atoms with Crippen molar-refractivity contribution in [2.24, 2.45) is 0 Å². The largest absolute Gasteiger partial charge is 0.493 e. The first kappa shape index (κ1) is 17.3. The number of amides is 1. The fraction of sp³-hybridized carbons (Fsp3) is 0.588. The minimum atomic E-state index is -0.0427. The molecule has 1 unspecified atom stereocenters. The van der Waals surface area contributed by atoms with Gasteiger partial charge in [-0.1, -0.05) is 19.8 Å². The summed E-state index contributed by atoms with van der Waals surface area (Å²) in [5.74, 6) is 1.50. The number of hydrogen-bond donors (Lipinski definition) is 1. The lowest BCUT2D eigenvalue weighted by atomic mass is 10.0. The highest BCUT2D eigenvalue weighted by Gasteiger charge is 2.15. The molecule has 0 spiro atoms. The standard InChI is InChI=1S/C17H27NO3/c1-6-7-8-9-17(19)18-13(3)14-11-16(21-5)15(20-4)10-12(14)2/h10-11,13H,6-9H2,1-5H3,(H,18,19). The van der Waals surface area contributed by atoms with Crippen LogP contribution < -0.4 is 14.8 Å². The Balaban J connectivity index is 2.77. The van der Waals surface area contributed by atoms with Crippen molar-refractivity contribution in [1.29, 1.82) is 0 Å². The van der Waals surface area contributed by atoms with Gasteiger partial charge < -0.3 is 14.8 Å². The van der Waals surface area contributed by atoms with Crippen molar-refractivity contribution < 1.29 is 14.3 Å². The molecule has 1 aromatic rings. The maximum atomic E-state index is 11.9. The first-order chi connectivity index (χ1) is 10.0. The van der Waals surface area contributed by atoms with Crippen molar-refractivity contribution in [2.45, 2.75) is 52.5 Å². The molecule has 0 bridgehead atoms. The van der Waals surface area contributed by atoms with Gasteiger partial charge in [0, 0.05) is 6.42 Å². The number of ether oxygens (including phenoxy) is 2. The highest BCUT2D eigenvalue weighted by Crippen LogP contribution is 2.32. The fourth-order valence-electron chi connectivity index (χ4n) is 2.39. The number of carbonyl (C=O) groups is 1. The number of unbranched alkanes of at least 4 members (excludes halogenated alkanes) is 2. The van der Waals surface area contributed by atoms with E-state index >= 15 is 0 Å². The van der Waals surface area contributed by atoms with E-state index in [-0.39, 0.29) is 11.9 Å². The van der Waals surface area contributed by atoms with Crippen LogP contribution in [0.1, 0.15) is 56.7 Å². The van der Waals surface area contributed by atoms with Crippen LogP contribution in [-0.2, 0) is 4.79 Å².